The number of fused-ring (bicyclic) bond motifs is 3. The predicted octanol–water partition coefficient (Wildman–Crippen LogP) is 5.19. The van der Waals surface area contributed by atoms with E-state index in [0.29, 0.717) is 12.1 Å². The number of aromatic hydroxyl groups is 1. The minimum absolute atomic E-state index is 0.131. The predicted molar refractivity (Wildman–Crippen MR) is 108 cm³/mol. The van der Waals surface area contributed by atoms with E-state index in [-0.39, 0.29) is 17.3 Å². The number of carbonyl (C=O) groups excluding carboxylic acids is 1. The summed E-state index contributed by atoms with van der Waals surface area (Å²) in [7, 11) is 0. The normalized spacial score (nSPS) is 21.2. The molecule has 0 saturated carbocycles. The molecule has 0 saturated heterocycles. The maximum atomic E-state index is 12.0. The van der Waals surface area contributed by atoms with Crippen molar-refractivity contribution in [3.8, 4) is 11.5 Å². The van der Waals surface area contributed by atoms with Gasteiger partial charge in [-0.2, -0.15) is 0 Å². The average molecular weight is 370 g/mol. The molecule has 0 unspecified atom stereocenters. The molecule has 3 rings (SSSR count). The molecule has 27 heavy (non-hydrogen) atoms. The van der Waals surface area contributed by atoms with Gasteiger partial charge in [-0.05, 0) is 72.3 Å². The zero-order chi connectivity index (χ0) is 19.6. The summed E-state index contributed by atoms with van der Waals surface area (Å²) in [6, 6.07) is 1.58. The highest BCUT2D eigenvalue weighted by Gasteiger charge is 2.36. The molecule has 1 atom stereocenters. The minimum Gasteiger partial charge on any atom is -0.508 e. The Bertz CT molecular complexity index is 802. The van der Waals surface area contributed by atoms with Crippen molar-refractivity contribution in [3.05, 3.63) is 46.1 Å². The van der Waals surface area contributed by atoms with Crippen LogP contribution in [0.15, 0.2) is 29.4 Å². The van der Waals surface area contributed by atoms with Gasteiger partial charge in [0, 0.05) is 17.7 Å². The van der Waals surface area contributed by atoms with Crippen LogP contribution in [0.3, 0.4) is 0 Å². The van der Waals surface area contributed by atoms with Gasteiger partial charge in [0.25, 0.3) is 5.91 Å². The molecule has 0 radical (unpaired) electrons. The smallest absolute Gasteiger partial charge is 0.252 e. The maximum absolute atomic E-state index is 12.0. The summed E-state index contributed by atoms with van der Waals surface area (Å²) in [4.78, 5) is 12.0. The molecule has 0 aromatic heterocycles. The van der Waals surface area contributed by atoms with E-state index >= 15 is 0 Å². The number of benzene rings is 1. The lowest BCUT2D eigenvalue weighted by Crippen LogP contribution is -2.36. The van der Waals surface area contributed by atoms with Gasteiger partial charge in [-0.3, -0.25) is 4.79 Å². The Morgan fingerprint density at radius 1 is 1.26 bits per heavy atom. The van der Waals surface area contributed by atoms with Crippen molar-refractivity contribution in [3.63, 3.8) is 0 Å². The van der Waals surface area contributed by atoms with Crippen LogP contribution in [-0.2, 0) is 13.0 Å². The van der Waals surface area contributed by atoms with E-state index < -0.39 is 0 Å². The van der Waals surface area contributed by atoms with Gasteiger partial charge in [-0.25, -0.2) is 0 Å². The van der Waals surface area contributed by atoms with Crippen molar-refractivity contribution >= 4 is 5.91 Å². The van der Waals surface area contributed by atoms with Crippen molar-refractivity contribution in [1.29, 1.82) is 0 Å². The molecule has 2 aliphatic heterocycles. The number of rotatable bonds is 6. The zero-order valence-electron chi connectivity index (χ0n) is 16.9. The third-order valence-corrected chi connectivity index (χ3v) is 5.64. The summed E-state index contributed by atoms with van der Waals surface area (Å²) in [5.74, 6) is 0.771. The van der Waals surface area contributed by atoms with Crippen LogP contribution >= 0.6 is 0 Å². The van der Waals surface area contributed by atoms with Crippen molar-refractivity contribution in [2.24, 2.45) is 0 Å². The second-order valence-electron chi connectivity index (χ2n) is 8.37. The fourth-order valence-corrected chi connectivity index (χ4v) is 3.92. The number of phenolic OH excluding ortho intramolecular Hbond substituents is 1. The van der Waals surface area contributed by atoms with Crippen LogP contribution in [0.2, 0.25) is 0 Å². The number of ether oxygens (including phenoxy) is 1. The van der Waals surface area contributed by atoms with Crippen LogP contribution in [0.4, 0.5) is 0 Å². The lowest BCUT2D eigenvalue weighted by molar-refractivity contribution is 0.0552. The van der Waals surface area contributed by atoms with Gasteiger partial charge in [0.1, 0.15) is 17.1 Å². The number of phenols is 1. The Balaban J connectivity index is 1.67. The fourth-order valence-electron chi connectivity index (χ4n) is 3.92. The number of hydrogen-bond donors (Lipinski definition) is 2. The molecule has 2 heterocycles. The number of allylic oxidation sites excluding steroid dienone is 4. The third kappa shape index (κ3) is 4.37. The van der Waals surface area contributed by atoms with Gasteiger partial charge in [0.15, 0.2) is 0 Å². The summed E-state index contributed by atoms with van der Waals surface area (Å²) in [5.41, 5.74) is 4.81. The third-order valence-electron chi connectivity index (χ3n) is 5.64. The Morgan fingerprint density at radius 2 is 2.04 bits per heavy atom. The quantitative estimate of drug-likeness (QED) is 0.678. The molecule has 1 aromatic carbocycles. The van der Waals surface area contributed by atoms with E-state index in [1.807, 2.05) is 0 Å². The molecule has 146 valence electrons. The molecule has 4 heteroatoms. The van der Waals surface area contributed by atoms with Crippen LogP contribution in [0.1, 0.15) is 81.3 Å². The molecule has 2 N–H and O–H groups in total. The lowest BCUT2D eigenvalue weighted by atomic mass is 9.86. The lowest BCUT2D eigenvalue weighted by Gasteiger charge is -2.37. The molecule has 1 aromatic rings. The highest BCUT2D eigenvalue weighted by Crippen LogP contribution is 2.44. The first kappa shape index (κ1) is 19.5. The van der Waals surface area contributed by atoms with Gasteiger partial charge in [-0.1, -0.05) is 23.3 Å². The van der Waals surface area contributed by atoms with Gasteiger partial charge >= 0.3 is 0 Å². The van der Waals surface area contributed by atoms with Crippen molar-refractivity contribution < 1.29 is 14.6 Å². The van der Waals surface area contributed by atoms with E-state index in [0.717, 1.165) is 55.4 Å². The van der Waals surface area contributed by atoms with E-state index in [9.17, 15) is 9.90 Å². The molecule has 0 spiro atoms. The van der Waals surface area contributed by atoms with Crippen LogP contribution in [0.5, 0.6) is 11.5 Å². The molecular weight excluding hydrogens is 338 g/mol. The van der Waals surface area contributed by atoms with Crippen LogP contribution in [0, 0.1) is 0 Å². The molecule has 0 bridgehead atoms. The summed E-state index contributed by atoms with van der Waals surface area (Å²) >= 11 is 0. The highest BCUT2D eigenvalue weighted by atomic mass is 16.5. The second-order valence-corrected chi connectivity index (χ2v) is 8.37. The number of carbonyl (C=O) groups is 1. The van der Waals surface area contributed by atoms with Gasteiger partial charge in [0.05, 0.1) is 5.56 Å². The molecule has 2 aliphatic rings. The summed E-state index contributed by atoms with van der Waals surface area (Å²) in [6.45, 7) is 9.09. The van der Waals surface area contributed by atoms with E-state index in [4.69, 9.17) is 4.74 Å². The Hall–Kier alpha value is -2.23. The van der Waals surface area contributed by atoms with Gasteiger partial charge < -0.3 is 15.2 Å². The van der Waals surface area contributed by atoms with Gasteiger partial charge in [0.2, 0.25) is 0 Å². The summed E-state index contributed by atoms with van der Waals surface area (Å²) in [5, 5.41) is 13.1. The van der Waals surface area contributed by atoms with Crippen molar-refractivity contribution in [2.75, 3.05) is 0 Å². The first-order chi connectivity index (χ1) is 12.8. The van der Waals surface area contributed by atoms with Crippen molar-refractivity contribution in [2.45, 2.75) is 78.4 Å². The monoisotopic (exact) mass is 369 g/mol. The van der Waals surface area contributed by atoms with Gasteiger partial charge in [-0.15, -0.1) is 0 Å². The Morgan fingerprint density at radius 3 is 2.78 bits per heavy atom. The zero-order valence-corrected chi connectivity index (χ0v) is 16.9. The fraction of sp³-hybridized carbons (Fsp3) is 0.522. The van der Waals surface area contributed by atoms with E-state index in [1.165, 1.54) is 11.1 Å². The molecule has 0 fully saturated rings. The Labute approximate surface area is 162 Å². The van der Waals surface area contributed by atoms with Crippen molar-refractivity contribution in [1.82, 2.24) is 5.32 Å². The molecule has 0 aliphatic carbocycles. The van der Waals surface area contributed by atoms with Crippen LogP contribution in [0.25, 0.3) is 0 Å². The molecular formula is C23H31NO3. The first-order valence-electron chi connectivity index (χ1n) is 9.93. The minimum atomic E-state index is -0.267. The largest absolute Gasteiger partial charge is 0.508 e. The highest BCUT2D eigenvalue weighted by molar-refractivity contribution is 6.00. The topological polar surface area (TPSA) is 58.6 Å². The number of nitrogens with one attached hydrogen (secondary N) is 1. The molecule has 1 amide bonds. The van der Waals surface area contributed by atoms with E-state index in [2.05, 4.69) is 45.2 Å². The summed E-state index contributed by atoms with van der Waals surface area (Å²) in [6.07, 6.45) is 10.4. The number of amides is 1. The van der Waals surface area contributed by atoms with E-state index in [1.54, 1.807) is 6.07 Å². The second kappa shape index (κ2) is 7.79. The van der Waals surface area contributed by atoms with Crippen LogP contribution in [-0.4, -0.2) is 16.6 Å². The van der Waals surface area contributed by atoms with Crippen LogP contribution < -0.4 is 10.1 Å². The molecule has 4 nitrogen and oxygen atoms in total. The first-order valence-corrected chi connectivity index (χ1v) is 9.93. The SMILES string of the molecule is CC(C)=CCC/C(C)=C/CC[C@@]1(C)CCc2c(O)cc3c(c2O1)CNC3=O. The Kier molecular flexibility index (Phi) is 5.64. The number of hydrogen-bond acceptors (Lipinski definition) is 3. The summed E-state index contributed by atoms with van der Waals surface area (Å²) < 4.78 is 6.39. The standard InChI is InChI=1S/C23H31NO3/c1-15(2)7-5-8-16(3)9-6-11-23(4)12-10-17-20(25)13-18-19(21(17)27-23)14-24-22(18)26/h7,9,13,25H,5-6,8,10-12,14H2,1-4H3,(H,24,26)/b16-9+/t23-/m0/s1. The average Bonchev–Trinajstić information content (AvgIpc) is 2.95. The maximum Gasteiger partial charge on any atom is 0.252 e.